The molecule has 0 aliphatic carbocycles. The maximum Gasteiger partial charge on any atom is 0.243 e. The summed E-state index contributed by atoms with van der Waals surface area (Å²) in [6.07, 6.45) is 3.23. The van der Waals surface area contributed by atoms with Gasteiger partial charge in [-0.15, -0.1) is 5.10 Å². The zero-order valence-corrected chi connectivity index (χ0v) is 8.64. The number of aliphatic hydroxyl groups is 1. The predicted octanol–water partition coefficient (Wildman–Crippen LogP) is 0.102. The van der Waals surface area contributed by atoms with Crippen LogP contribution in [0.4, 0.5) is 5.95 Å². The third-order valence-electron chi connectivity index (χ3n) is 1.58. The van der Waals surface area contributed by atoms with E-state index in [4.69, 9.17) is 10.8 Å². The Labute approximate surface area is 88.1 Å². The van der Waals surface area contributed by atoms with Gasteiger partial charge in [0.1, 0.15) is 0 Å². The highest BCUT2D eigenvalue weighted by Crippen LogP contribution is 2.06. The third-order valence-corrected chi connectivity index (χ3v) is 1.58. The summed E-state index contributed by atoms with van der Waals surface area (Å²) in [6, 6.07) is 0. The van der Waals surface area contributed by atoms with Crippen molar-refractivity contribution in [3.63, 3.8) is 0 Å². The monoisotopic (exact) mass is 209 g/mol. The van der Waals surface area contributed by atoms with E-state index in [0.29, 0.717) is 24.0 Å². The lowest BCUT2D eigenvalue weighted by molar-refractivity contribution is 0.311. The van der Waals surface area contributed by atoms with E-state index in [1.165, 1.54) is 10.9 Å². The van der Waals surface area contributed by atoms with Crippen molar-refractivity contribution in [2.75, 3.05) is 18.5 Å². The first-order valence-electron chi connectivity index (χ1n) is 4.55. The number of aliphatic hydroxyl groups excluding tert-OH is 1. The Balaban J connectivity index is 2.90. The number of hydrogen-bond donors (Lipinski definition) is 3. The second-order valence-electron chi connectivity index (χ2n) is 2.96. The van der Waals surface area contributed by atoms with Gasteiger partial charge in [0.15, 0.2) is 5.82 Å². The summed E-state index contributed by atoms with van der Waals surface area (Å²) in [7, 11) is 0. The Morgan fingerprint density at radius 3 is 3.00 bits per heavy atom. The Morgan fingerprint density at radius 1 is 1.73 bits per heavy atom. The number of aromatic nitrogens is 3. The van der Waals surface area contributed by atoms with Crippen molar-refractivity contribution in [2.24, 2.45) is 5.73 Å². The number of rotatable bonds is 5. The van der Waals surface area contributed by atoms with E-state index in [0.717, 1.165) is 0 Å². The van der Waals surface area contributed by atoms with Crippen molar-refractivity contribution >= 4 is 18.2 Å². The van der Waals surface area contributed by atoms with Crippen molar-refractivity contribution in [2.45, 2.75) is 6.92 Å². The van der Waals surface area contributed by atoms with Crippen molar-refractivity contribution in [3.8, 4) is 0 Å². The molecule has 0 amide bonds. The minimum Gasteiger partial charge on any atom is -0.402 e. The molecule has 0 radical (unpaired) electrons. The van der Waals surface area contributed by atoms with Crippen LogP contribution in [-0.4, -0.2) is 33.0 Å². The maximum atomic E-state index is 8.63. The molecular weight excluding hydrogens is 194 g/mol. The van der Waals surface area contributed by atoms with E-state index < -0.39 is 0 Å². The number of nitrogens with two attached hydrogens (primary N) is 1. The Bertz CT molecular complexity index is 365. The molecule has 82 valence electrons. The third kappa shape index (κ3) is 3.10. The van der Waals surface area contributed by atoms with Crippen molar-refractivity contribution in [3.05, 3.63) is 18.1 Å². The maximum absolute atomic E-state index is 8.63. The first-order chi connectivity index (χ1) is 7.17. The fourth-order valence-electron chi connectivity index (χ4n) is 1.01. The van der Waals surface area contributed by atoms with Crippen LogP contribution in [0.15, 0.2) is 12.3 Å². The minimum atomic E-state index is 0.0315. The van der Waals surface area contributed by atoms with Crippen LogP contribution < -0.4 is 11.1 Å². The molecule has 1 aromatic rings. The summed E-state index contributed by atoms with van der Waals surface area (Å²) >= 11 is 0. The topological polar surface area (TPSA) is 89.0 Å². The van der Waals surface area contributed by atoms with Gasteiger partial charge in [-0.05, 0) is 6.92 Å². The fourth-order valence-corrected chi connectivity index (χ4v) is 1.01. The van der Waals surface area contributed by atoms with Crippen LogP contribution in [0.25, 0.3) is 12.3 Å². The Morgan fingerprint density at radius 2 is 2.47 bits per heavy atom. The van der Waals surface area contributed by atoms with Gasteiger partial charge in [0.2, 0.25) is 5.95 Å². The first kappa shape index (κ1) is 11.3. The van der Waals surface area contributed by atoms with Gasteiger partial charge in [0, 0.05) is 24.5 Å². The zero-order chi connectivity index (χ0) is 11.3. The molecule has 0 aromatic carbocycles. The van der Waals surface area contributed by atoms with Gasteiger partial charge in [-0.1, -0.05) is 6.58 Å². The fraction of sp³-hybridized carbons (Fsp3) is 0.333. The van der Waals surface area contributed by atoms with Crippen LogP contribution >= 0.6 is 0 Å². The van der Waals surface area contributed by atoms with E-state index in [1.807, 2.05) is 0 Å². The second-order valence-corrected chi connectivity index (χ2v) is 2.96. The number of nitrogens with zero attached hydrogens (tertiary/aromatic N) is 3. The molecule has 15 heavy (non-hydrogen) atoms. The van der Waals surface area contributed by atoms with Crippen LogP contribution in [0.1, 0.15) is 12.7 Å². The van der Waals surface area contributed by atoms with Gasteiger partial charge in [-0.3, -0.25) is 0 Å². The van der Waals surface area contributed by atoms with Gasteiger partial charge >= 0.3 is 0 Å². The molecule has 0 unspecified atom stereocenters. The van der Waals surface area contributed by atoms with E-state index >= 15 is 0 Å². The summed E-state index contributed by atoms with van der Waals surface area (Å²) < 4.78 is 1.51. The number of nitrogens with one attached hydrogen (secondary N) is 1. The lowest BCUT2D eigenvalue weighted by Gasteiger charge is -1.94. The number of anilines is 1. The smallest absolute Gasteiger partial charge is 0.243 e. The molecule has 0 aliphatic rings. The molecule has 4 N–H and O–H groups in total. The predicted molar refractivity (Wildman–Crippen MR) is 59.8 cm³/mol. The Kier molecular flexibility index (Phi) is 3.87. The normalized spacial score (nSPS) is 11.5. The first-order valence-corrected chi connectivity index (χ1v) is 4.55. The van der Waals surface area contributed by atoms with Crippen LogP contribution in [-0.2, 0) is 0 Å². The van der Waals surface area contributed by atoms with Gasteiger partial charge in [-0.2, -0.15) is 4.98 Å². The summed E-state index contributed by atoms with van der Waals surface area (Å²) in [4.78, 5) is 4.16. The average molecular weight is 209 g/mol. The lowest BCUT2D eigenvalue weighted by atomic mass is 10.4. The highest BCUT2D eigenvalue weighted by atomic mass is 16.3. The molecule has 1 aromatic heterocycles. The molecule has 0 saturated carbocycles. The SMILES string of the molecule is C=Cn1nc(NCCO)nc1/C=C(\C)N. The molecule has 0 spiro atoms. The molecular formula is C9H15N5O. The largest absolute Gasteiger partial charge is 0.402 e. The van der Waals surface area contributed by atoms with Crippen LogP contribution in [0, 0.1) is 0 Å². The molecule has 6 heteroatoms. The molecule has 0 fully saturated rings. The van der Waals surface area contributed by atoms with E-state index in [-0.39, 0.29) is 6.61 Å². The molecule has 1 rings (SSSR count). The molecule has 0 aliphatic heterocycles. The van der Waals surface area contributed by atoms with Crippen LogP contribution in [0.2, 0.25) is 0 Å². The van der Waals surface area contributed by atoms with E-state index in [2.05, 4.69) is 22.0 Å². The number of allylic oxidation sites excluding steroid dienone is 1. The van der Waals surface area contributed by atoms with Gasteiger partial charge in [-0.25, -0.2) is 4.68 Å². The molecule has 1 heterocycles. The van der Waals surface area contributed by atoms with E-state index in [1.54, 1.807) is 13.0 Å². The molecule has 0 atom stereocenters. The zero-order valence-electron chi connectivity index (χ0n) is 8.64. The minimum absolute atomic E-state index is 0.0315. The average Bonchev–Trinajstić information content (AvgIpc) is 2.56. The van der Waals surface area contributed by atoms with Crippen molar-refractivity contribution in [1.82, 2.24) is 14.8 Å². The van der Waals surface area contributed by atoms with Crippen LogP contribution in [0.5, 0.6) is 0 Å². The van der Waals surface area contributed by atoms with E-state index in [9.17, 15) is 0 Å². The highest BCUT2D eigenvalue weighted by molar-refractivity contribution is 5.48. The number of hydrogen-bond acceptors (Lipinski definition) is 5. The molecule has 0 bridgehead atoms. The summed E-state index contributed by atoms with van der Waals surface area (Å²) in [6.45, 7) is 5.81. The summed E-state index contributed by atoms with van der Waals surface area (Å²) in [5.74, 6) is 1.04. The van der Waals surface area contributed by atoms with Gasteiger partial charge < -0.3 is 16.2 Å². The highest BCUT2D eigenvalue weighted by Gasteiger charge is 2.04. The van der Waals surface area contributed by atoms with Crippen molar-refractivity contribution in [1.29, 1.82) is 0 Å². The molecule has 6 nitrogen and oxygen atoms in total. The van der Waals surface area contributed by atoms with Crippen molar-refractivity contribution < 1.29 is 5.11 Å². The lowest BCUT2D eigenvalue weighted by Crippen LogP contribution is -2.06. The Hall–Kier alpha value is -1.82. The summed E-state index contributed by atoms with van der Waals surface area (Å²) in [5, 5.41) is 15.6. The van der Waals surface area contributed by atoms with Crippen LogP contribution in [0.3, 0.4) is 0 Å². The quantitative estimate of drug-likeness (QED) is 0.640. The summed E-state index contributed by atoms with van der Waals surface area (Å²) in [5.41, 5.74) is 6.18. The standard InChI is InChI=1S/C9H15N5O/c1-3-14-8(6-7(2)10)12-9(13-14)11-4-5-15/h3,6,15H,1,4-5,10H2,2H3,(H,11,13)/b7-6+. The van der Waals surface area contributed by atoms with Gasteiger partial charge in [0.25, 0.3) is 0 Å². The second kappa shape index (κ2) is 5.16. The van der Waals surface area contributed by atoms with Gasteiger partial charge in [0.05, 0.1) is 6.61 Å². The molecule has 0 saturated heterocycles.